The van der Waals surface area contributed by atoms with Crippen LogP contribution in [-0.4, -0.2) is 24.3 Å². The highest BCUT2D eigenvalue weighted by atomic mass is 32.2. The van der Waals surface area contributed by atoms with Gasteiger partial charge in [-0.3, -0.25) is 4.98 Å². The lowest BCUT2D eigenvalue weighted by Crippen LogP contribution is -2.31. The van der Waals surface area contributed by atoms with Gasteiger partial charge >= 0.3 is 0 Å². The molecule has 1 heterocycles. The van der Waals surface area contributed by atoms with Crippen molar-refractivity contribution in [2.24, 2.45) is 0 Å². The van der Waals surface area contributed by atoms with Crippen molar-refractivity contribution in [3.8, 4) is 0 Å². The van der Waals surface area contributed by atoms with Crippen LogP contribution in [0.1, 0.15) is 12.6 Å². The van der Waals surface area contributed by atoms with Crippen LogP contribution >= 0.6 is 0 Å². The lowest BCUT2D eigenvalue weighted by atomic mass is 10.3. The predicted octanol–water partition coefficient (Wildman–Crippen LogP) is 2.43. The Morgan fingerprint density at radius 3 is 2.45 bits per heavy atom. The van der Waals surface area contributed by atoms with Gasteiger partial charge in [0.15, 0.2) is 0 Å². The number of pyridine rings is 1. The van der Waals surface area contributed by atoms with E-state index in [4.69, 9.17) is 0 Å². The highest BCUT2D eigenvalue weighted by Gasteiger charge is 2.26. The normalized spacial score (nSPS) is 11.8. The summed E-state index contributed by atoms with van der Waals surface area (Å²) in [7, 11) is -3.86. The van der Waals surface area contributed by atoms with Gasteiger partial charge in [0, 0.05) is 12.7 Å². The van der Waals surface area contributed by atoms with Crippen LogP contribution in [-0.2, 0) is 16.6 Å². The van der Waals surface area contributed by atoms with Gasteiger partial charge in [-0.1, -0.05) is 25.1 Å². The van der Waals surface area contributed by atoms with E-state index in [1.54, 1.807) is 31.3 Å². The van der Waals surface area contributed by atoms with Gasteiger partial charge < -0.3 is 0 Å². The van der Waals surface area contributed by atoms with E-state index >= 15 is 0 Å². The molecule has 0 N–H and O–H groups in total. The fourth-order valence-electron chi connectivity index (χ4n) is 1.83. The third-order valence-electron chi connectivity index (χ3n) is 2.87. The Kier molecular flexibility index (Phi) is 4.46. The summed E-state index contributed by atoms with van der Waals surface area (Å²) in [6, 6.07) is 10.7. The molecule has 0 saturated heterocycles. The van der Waals surface area contributed by atoms with Crippen molar-refractivity contribution in [2.45, 2.75) is 18.4 Å². The van der Waals surface area contributed by atoms with Crippen LogP contribution in [0.15, 0.2) is 53.6 Å². The van der Waals surface area contributed by atoms with E-state index in [0.29, 0.717) is 5.69 Å². The summed E-state index contributed by atoms with van der Waals surface area (Å²) in [5.74, 6) is -0.744. The molecule has 0 spiro atoms. The molecule has 0 aliphatic carbocycles. The third kappa shape index (κ3) is 3.02. The zero-order valence-corrected chi connectivity index (χ0v) is 11.8. The molecular weight excluding hydrogens is 279 g/mol. The minimum absolute atomic E-state index is 0.119. The molecule has 2 aromatic rings. The van der Waals surface area contributed by atoms with Gasteiger partial charge in [-0.05, 0) is 24.3 Å². The fraction of sp³-hybridized carbons (Fsp3) is 0.214. The molecule has 0 unspecified atom stereocenters. The summed E-state index contributed by atoms with van der Waals surface area (Å²) in [6.45, 7) is 2.07. The third-order valence-corrected chi connectivity index (χ3v) is 4.83. The quantitative estimate of drug-likeness (QED) is 0.851. The molecule has 0 atom stereocenters. The highest BCUT2D eigenvalue weighted by molar-refractivity contribution is 7.89. The molecule has 6 heteroatoms. The van der Waals surface area contributed by atoms with Crippen LogP contribution in [0.5, 0.6) is 0 Å². The first-order valence-electron chi connectivity index (χ1n) is 6.20. The number of rotatable bonds is 5. The molecule has 4 nitrogen and oxygen atoms in total. The molecule has 0 aliphatic heterocycles. The summed E-state index contributed by atoms with van der Waals surface area (Å²) in [4.78, 5) is 3.79. The van der Waals surface area contributed by atoms with Crippen LogP contribution in [0.25, 0.3) is 0 Å². The Bertz CT molecular complexity index is 675. The Morgan fingerprint density at radius 1 is 1.15 bits per heavy atom. The molecule has 1 aromatic carbocycles. The Balaban J connectivity index is 2.34. The van der Waals surface area contributed by atoms with Crippen molar-refractivity contribution in [3.05, 3.63) is 60.2 Å². The van der Waals surface area contributed by atoms with Gasteiger partial charge in [0.1, 0.15) is 10.7 Å². The molecule has 2 rings (SSSR count). The van der Waals surface area contributed by atoms with E-state index in [-0.39, 0.29) is 18.0 Å². The smallest absolute Gasteiger partial charge is 0.246 e. The Morgan fingerprint density at radius 2 is 1.85 bits per heavy atom. The van der Waals surface area contributed by atoms with Crippen molar-refractivity contribution in [1.82, 2.24) is 9.29 Å². The SMILES string of the molecule is CCN(Cc1ccccn1)S(=O)(=O)c1ccccc1F. The highest BCUT2D eigenvalue weighted by Crippen LogP contribution is 2.20. The Labute approximate surface area is 117 Å². The molecule has 0 radical (unpaired) electrons. The van der Waals surface area contributed by atoms with E-state index in [1.807, 2.05) is 0 Å². The second-order valence-electron chi connectivity index (χ2n) is 4.18. The first-order valence-corrected chi connectivity index (χ1v) is 7.64. The average molecular weight is 294 g/mol. The van der Waals surface area contributed by atoms with Gasteiger partial charge in [-0.25, -0.2) is 12.8 Å². The summed E-state index contributed by atoms with van der Waals surface area (Å²) >= 11 is 0. The van der Waals surface area contributed by atoms with E-state index in [1.165, 1.54) is 22.5 Å². The van der Waals surface area contributed by atoms with Gasteiger partial charge in [0.2, 0.25) is 10.0 Å². The second kappa shape index (κ2) is 6.11. The molecular formula is C14H15FN2O2S. The maximum absolute atomic E-state index is 13.7. The first-order chi connectivity index (χ1) is 9.55. The fourth-order valence-corrected chi connectivity index (χ4v) is 3.32. The molecule has 1 aromatic heterocycles. The van der Waals surface area contributed by atoms with E-state index in [0.717, 1.165) is 6.07 Å². The minimum Gasteiger partial charge on any atom is -0.260 e. The van der Waals surface area contributed by atoms with Crippen molar-refractivity contribution in [1.29, 1.82) is 0 Å². The van der Waals surface area contributed by atoms with Crippen molar-refractivity contribution >= 4 is 10.0 Å². The molecule has 0 aliphatic rings. The Hall–Kier alpha value is -1.79. The lowest BCUT2D eigenvalue weighted by molar-refractivity contribution is 0.415. The number of sulfonamides is 1. The monoisotopic (exact) mass is 294 g/mol. The number of aromatic nitrogens is 1. The van der Waals surface area contributed by atoms with Crippen LogP contribution in [0, 0.1) is 5.82 Å². The molecule has 0 bridgehead atoms. The summed E-state index contributed by atoms with van der Waals surface area (Å²) in [5.41, 5.74) is 0.620. The number of halogens is 1. The van der Waals surface area contributed by atoms with Gasteiger partial charge in [-0.2, -0.15) is 4.31 Å². The number of benzene rings is 1. The maximum atomic E-state index is 13.7. The average Bonchev–Trinajstić information content (AvgIpc) is 2.46. The summed E-state index contributed by atoms with van der Waals surface area (Å²) in [5, 5.41) is 0. The number of hydrogen-bond acceptors (Lipinski definition) is 3. The van der Waals surface area contributed by atoms with Crippen LogP contribution in [0.2, 0.25) is 0 Å². The van der Waals surface area contributed by atoms with Crippen LogP contribution < -0.4 is 0 Å². The molecule has 0 saturated carbocycles. The topological polar surface area (TPSA) is 50.3 Å². The van der Waals surface area contributed by atoms with Gasteiger partial charge in [-0.15, -0.1) is 0 Å². The van der Waals surface area contributed by atoms with E-state index in [2.05, 4.69) is 4.98 Å². The first kappa shape index (κ1) is 14.6. The van der Waals surface area contributed by atoms with Crippen LogP contribution in [0.4, 0.5) is 4.39 Å². The minimum atomic E-state index is -3.86. The van der Waals surface area contributed by atoms with Crippen molar-refractivity contribution < 1.29 is 12.8 Å². The summed E-state index contributed by atoms with van der Waals surface area (Å²) < 4.78 is 39.8. The van der Waals surface area contributed by atoms with Crippen LogP contribution in [0.3, 0.4) is 0 Å². The van der Waals surface area contributed by atoms with E-state index in [9.17, 15) is 12.8 Å². The molecule has 106 valence electrons. The number of nitrogens with zero attached hydrogens (tertiary/aromatic N) is 2. The zero-order chi connectivity index (χ0) is 14.6. The summed E-state index contributed by atoms with van der Waals surface area (Å²) in [6.07, 6.45) is 1.60. The predicted molar refractivity (Wildman–Crippen MR) is 73.9 cm³/mol. The van der Waals surface area contributed by atoms with E-state index < -0.39 is 15.8 Å². The van der Waals surface area contributed by atoms with Crippen molar-refractivity contribution in [2.75, 3.05) is 6.54 Å². The second-order valence-corrected chi connectivity index (χ2v) is 6.09. The standard InChI is InChI=1S/C14H15FN2O2S/c1-2-17(11-12-7-5-6-10-16-12)20(18,19)14-9-4-3-8-13(14)15/h3-10H,2,11H2,1H3. The molecule has 0 fully saturated rings. The lowest BCUT2D eigenvalue weighted by Gasteiger charge is -2.20. The molecule has 20 heavy (non-hydrogen) atoms. The molecule has 0 amide bonds. The van der Waals surface area contributed by atoms with Gasteiger partial charge in [0.25, 0.3) is 0 Å². The van der Waals surface area contributed by atoms with Gasteiger partial charge in [0.05, 0.1) is 12.2 Å². The van der Waals surface area contributed by atoms with Crippen molar-refractivity contribution in [3.63, 3.8) is 0 Å². The largest absolute Gasteiger partial charge is 0.260 e. The number of hydrogen-bond donors (Lipinski definition) is 0. The zero-order valence-electron chi connectivity index (χ0n) is 11.0. The maximum Gasteiger partial charge on any atom is 0.246 e.